The number of hydrogen-bond acceptors (Lipinski definition) is 11. The lowest BCUT2D eigenvalue weighted by molar-refractivity contribution is -0.153. The number of nitrogens with zero attached hydrogens (tertiary/aromatic N) is 1. The Morgan fingerprint density at radius 1 is 1.18 bits per heavy atom. The third kappa shape index (κ3) is 4.29. The fourth-order valence-corrected chi connectivity index (χ4v) is 5.85. The van der Waals surface area contributed by atoms with E-state index < -0.39 is 88.3 Å². The second-order valence-corrected chi connectivity index (χ2v) is 10.4. The van der Waals surface area contributed by atoms with Gasteiger partial charge < -0.3 is 36.6 Å². The van der Waals surface area contributed by atoms with E-state index in [-0.39, 0.29) is 29.7 Å². The van der Waals surface area contributed by atoms with Crippen LogP contribution in [0.5, 0.6) is 5.75 Å². The predicted molar refractivity (Wildman–Crippen MR) is 138 cm³/mol. The zero-order chi connectivity index (χ0) is 29.8. The number of phenols is 1. The molecule has 5 atom stereocenters. The smallest absolute Gasteiger partial charge is 0.320 e. The van der Waals surface area contributed by atoms with E-state index >= 15 is 0 Å². The number of Topliss-reactive ketones (excluding diaryl/α,β-unsaturated/α-hetero) is 2. The van der Waals surface area contributed by atoms with E-state index in [1.165, 1.54) is 38.1 Å². The number of hydrogen-bond donors (Lipinski definition) is 8. The number of aliphatic carboxylic acids is 1. The average molecular weight is 559 g/mol. The monoisotopic (exact) mass is 558 g/mol. The molecular formula is C26H30N4O10. The van der Waals surface area contributed by atoms with Gasteiger partial charge in [0.2, 0.25) is 11.7 Å². The predicted octanol–water partition coefficient (Wildman–Crippen LogP) is -1.03. The topological polar surface area (TPSA) is 240 Å². The van der Waals surface area contributed by atoms with Crippen molar-refractivity contribution in [3.63, 3.8) is 0 Å². The molecule has 14 heteroatoms. The Morgan fingerprint density at radius 3 is 2.40 bits per heavy atom. The van der Waals surface area contributed by atoms with Crippen molar-refractivity contribution >= 4 is 40.8 Å². The molecule has 40 heavy (non-hydrogen) atoms. The van der Waals surface area contributed by atoms with Gasteiger partial charge in [0.15, 0.2) is 11.4 Å². The number of likely N-dealkylation sites (N-methyl/N-ethyl adjacent to an activating group) is 1. The van der Waals surface area contributed by atoms with Crippen LogP contribution < -0.4 is 16.4 Å². The summed E-state index contributed by atoms with van der Waals surface area (Å²) in [5, 5.41) is 58.5. The second-order valence-electron chi connectivity index (χ2n) is 10.4. The number of rotatable bonds is 7. The number of primary amides is 1. The summed E-state index contributed by atoms with van der Waals surface area (Å²) in [5.41, 5.74) is 1.44. The first-order valence-corrected chi connectivity index (χ1v) is 12.4. The number of anilines is 1. The minimum Gasteiger partial charge on any atom is -0.508 e. The number of amides is 2. The molecule has 0 saturated heterocycles. The lowest BCUT2D eigenvalue weighted by atomic mass is 9.57. The molecule has 0 radical (unpaired) electrons. The molecule has 3 unspecified atom stereocenters. The number of fused-ring (bicyclic) bond motifs is 3. The van der Waals surface area contributed by atoms with Gasteiger partial charge in [-0.2, -0.15) is 0 Å². The second kappa shape index (κ2) is 10.0. The van der Waals surface area contributed by atoms with Gasteiger partial charge in [0.25, 0.3) is 5.91 Å². The van der Waals surface area contributed by atoms with Gasteiger partial charge in [0.1, 0.15) is 28.9 Å². The third-order valence-electron chi connectivity index (χ3n) is 7.81. The molecule has 3 aliphatic carbocycles. The van der Waals surface area contributed by atoms with Crippen LogP contribution in [0.4, 0.5) is 5.69 Å². The zero-order valence-electron chi connectivity index (χ0n) is 21.9. The first-order valence-electron chi connectivity index (χ1n) is 12.4. The van der Waals surface area contributed by atoms with Crippen LogP contribution in [0.25, 0.3) is 5.76 Å². The largest absolute Gasteiger partial charge is 0.508 e. The van der Waals surface area contributed by atoms with E-state index in [1.54, 1.807) is 0 Å². The molecule has 1 aromatic carbocycles. The Morgan fingerprint density at radius 2 is 1.82 bits per heavy atom. The van der Waals surface area contributed by atoms with Crippen molar-refractivity contribution < 1.29 is 49.5 Å². The molecule has 0 heterocycles. The van der Waals surface area contributed by atoms with Crippen LogP contribution in [0.1, 0.15) is 24.5 Å². The van der Waals surface area contributed by atoms with Crippen LogP contribution >= 0.6 is 0 Å². The van der Waals surface area contributed by atoms with Crippen molar-refractivity contribution in [3.05, 3.63) is 40.2 Å². The van der Waals surface area contributed by atoms with Gasteiger partial charge in [-0.05, 0) is 51.4 Å². The van der Waals surface area contributed by atoms with Gasteiger partial charge in [-0.1, -0.05) is 6.07 Å². The molecule has 2 amide bonds. The Bertz CT molecular complexity index is 1410. The van der Waals surface area contributed by atoms with Gasteiger partial charge in [0.05, 0.1) is 23.8 Å². The highest BCUT2D eigenvalue weighted by atomic mass is 16.4. The van der Waals surface area contributed by atoms with Crippen molar-refractivity contribution in [2.75, 3.05) is 26.0 Å². The molecule has 0 aliphatic heterocycles. The summed E-state index contributed by atoms with van der Waals surface area (Å²) in [5.74, 6) is -9.52. The third-order valence-corrected chi connectivity index (χ3v) is 7.81. The van der Waals surface area contributed by atoms with E-state index in [0.29, 0.717) is 5.56 Å². The number of ketones is 2. The van der Waals surface area contributed by atoms with E-state index in [9.17, 15) is 44.4 Å². The molecule has 214 valence electrons. The number of benzene rings is 1. The van der Waals surface area contributed by atoms with Crippen molar-refractivity contribution in [2.45, 2.75) is 37.5 Å². The highest BCUT2D eigenvalue weighted by Crippen LogP contribution is 2.53. The number of aromatic hydroxyl groups is 1. The first-order chi connectivity index (χ1) is 18.6. The molecule has 1 saturated carbocycles. The quantitative estimate of drug-likeness (QED) is 0.148. The summed E-state index contributed by atoms with van der Waals surface area (Å²) in [6.07, 6.45) is 0.0620. The number of aliphatic hydroxyl groups excluding tert-OH is 2. The summed E-state index contributed by atoms with van der Waals surface area (Å²) in [7, 11) is 3.03. The zero-order valence-corrected chi connectivity index (χ0v) is 21.9. The highest BCUT2D eigenvalue weighted by Gasteiger charge is 2.64. The fourth-order valence-electron chi connectivity index (χ4n) is 5.85. The van der Waals surface area contributed by atoms with E-state index in [0.717, 1.165) is 0 Å². The highest BCUT2D eigenvalue weighted by molar-refractivity contribution is 6.24. The number of carboxylic acids is 1. The summed E-state index contributed by atoms with van der Waals surface area (Å²) in [6.45, 7) is 0.945. The van der Waals surface area contributed by atoms with Gasteiger partial charge in [-0.15, -0.1) is 0 Å². The Balaban J connectivity index is 1.76. The summed E-state index contributed by atoms with van der Waals surface area (Å²) < 4.78 is 0. The maximum Gasteiger partial charge on any atom is 0.320 e. The molecule has 4 rings (SSSR count). The lowest BCUT2D eigenvalue weighted by Crippen LogP contribution is -2.65. The van der Waals surface area contributed by atoms with Crippen molar-refractivity contribution in [1.29, 1.82) is 0 Å². The fraction of sp³-hybridized carbons (Fsp3) is 0.423. The van der Waals surface area contributed by atoms with Crippen LogP contribution in [0, 0.1) is 11.8 Å². The summed E-state index contributed by atoms with van der Waals surface area (Å²) in [6, 6.07) is 0.713. The maximum atomic E-state index is 13.8. The molecular weight excluding hydrogens is 528 g/mol. The van der Waals surface area contributed by atoms with Crippen LogP contribution in [0.15, 0.2) is 29.0 Å². The van der Waals surface area contributed by atoms with E-state index in [4.69, 9.17) is 10.8 Å². The van der Waals surface area contributed by atoms with Crippen molar-refractivity contribution in [3.8, 4) is 5.75 Å². The molecule has 0 spiro atoms. The minimum absolute atomic E-state index is 0.0432. The molecule has 1 fully saturated rings. The number of phenolic OH excluding ortho intramolecular Hbond substituents is 1. The van der Waals surface area contributed by atoms with Crippen LogP contribution in [0.3, 0.4) is 0 Å². The standard InChI is InChI=1S/C26H30N4O10/c1-9(25(38)39)28-8-14(31)29-13-5-4-10-6-11-7-12-18(30(2)3)21(34)17(24(27)37)23(36)26(12,40)22(35)16(11)20(33)15(10)19(13)32/h4-5,9,11-12,18,28,32-33,36,40H,6-8H2,1-3H3,(H2,27,37)(H,29,31)(H,38,39)/t9?,11?,12?,18-,26-/m0/s1. The number of carbonyl (C=O) groups is 5. The molecule has 9 N–H and O–H groups in total. The maximum absolute atomic E-state index is 13.8. The Labute approximate surface area is 227 Å². The van der Waals surface area contributed by atoms with Crippen LogP contribution in [-0.2, 0) is 30.4 Å². The Kier molecular flexibility index (Phi) is 7.21. The average Bonchev–Trinajstić information content (AvgIpc) is 2.85. The van der Waals surface area contributed by atoms with Gasteiger partial charge in [-0.25, -0.2) is 0 Å². The first kappa shape index (κ1) is 28.7. The minimum atomic E-state index is -2.75. The summed E-state index contributed by atoms with van der Waals surface area (Å²) in [4.78, 5) is 63.6. The van der Waals surface area contributed by atoms with Gasteiger partial charge in [-0.3, -0.25) is 34.2 Å². The summed E-state index contributed by atoms with van der Waals surface area (Å²) >= 11 is 0. The lowest BCUT2D eigenvalue weighted by Gasteiger charge is -2.50. The van der Waals surface area contributed by atoms with Crippen molar-refractivity contribution in [2.24, 2.45) is 17.6 Å². The SMILES string of the molecule is CC(NCC(=O)Nc1ccc2c(c1O)C(O)=C1C(=O)[C@]3(O)C(O)=C(C(N)=O)C(=O)[C@@H](N(C)C)C3CC1C2)C(=O)O. The molecule has 0 aromatic heterocycles. The van der Waals surface area contributed by atoms with Gasteiger partial charge >= 0.3 is 5.97 Å². The number of nitrogens with one attached hydrogen (secondary N) is 2. The Hall–Kier alpha value is -4.27. The van der Waals surface area contributed by atoms with Crippen LogP contribution in [-0.4, -0.2) is 98.1 Å². The van der Waals surface area contributed by atoms with Crippen LogP contribution in [0.2, 0.25) is 0 Å². The van der Waals surface area contributed by atoms with E-state index in [1.807, 2.05) is 0 Å². The molecule has 0 bridgehead atoms. The normalized spacial score (nSPS) is 26.7. The number of carbonyl (C=O) groups excluding carboxylic acids is 4. The number of nitrogens with two attached hydrogens (primary N) is 1. The van der Waals surface area contributed by atoms with E-state index in [2.05, 4.69) is 10.6 Å². The molecule has 14 nitrogen and oxygen atoms in total. The van der Waals surface area contributed by atoms with Gasteiger partial charge in [0, 0.05) is 11.5 Å². The number of carboxylic acid groups (broad SMARTS) is 1. The number of aliphatic hydroxyl groups is 3. The molecule has 3 aliphatic rings. The molecule has 1 aromatic rings. The van der Waals surface area contributed by atoms with Crippen molar-refractivity contribution in [1.82, 2.24) is 10.2 Å².